The van der Waals surface area contributed by atoms with Crippen LogP contribution in [0, 0.1) is 0 Å². The van der Waals surface area contributed by atoms with Crippen LogP contribution in [0.2, 0.25) is 0 Å². The summed E-state index contributed by atoms with van der Waals surface area (Å²) in [4.78, 5) is 34.9. The quantitative estimate of drug-likeness (QED) is 0.0268. The molecule has 0 amide bonds. The van der Waals surface area contributed by atoms with E-state index in [2.05, 4.69) is 123 Å². The molecule has 0 aromatic heterocycles. The number of phosphoric ester groups is 1. The van der Waals surface area contributed by atoms with Crippen molar-refractivity contribution in [3.05, 3.63) is 122 Å². The van der Waals surface area contributed by atoms with Gasteiger partial charge in [0.05, 0.1) is 13.2 Å². The van der Waals surface area contributed by atoms with E-state index in [1.807, 2.05) is 12.2 Å². The van der Waals surface area contributed by atoms with E-state index in [-0.39, 0.29) is 32.6 Å². The summed E-state index contributed by atoms with van der Waals surface area (Å²) in [5, 5.41) is 0. The summed E-state index contributed by atoms with van der Waals surface area (Å²) >= 11 is 0. The average Bonchev–Trinajstić information content (AvgIpc) is 3.22. The first-order valence-corrected chi connectivity index (χ1v) is 23.5. The number of unbranched alkanes of at least 4 members (excludes halogenated alkanes) is 6. The number of ether oxygens (including phenoxy) is 2. The van der Waals surface area contributed by atoms with Crippen LogP contribution in [-0.2, 0) is 32.7 Å². The molecule has 0 saturated heterocycles. The molecule has 0 rings (SSSR count). The van der Waals surface area contributed by atoms with E-state index in [9.17, 15) is 19.0 Å². The predicted octanol–water partition coefficient (Wildman–Crippen LogP) is 12.9. The molecular formula is C49H78NO8P. The molecule has 0 spiro atoms. The predicted molar refractivity (Wildman–Crippen MR) is 247 cm³/mol. The van der Waals surface area contributed by atoms with Crippen LogP contribution >= 0.6 is 7.82 Å². The smallest absolute Gasteiger partial charge is 0.462 e. The molecule has 0 aromatic carbocycles. The van der Waals surface area contributed by atoms with E-state index in [1.165, 1.54) is 25.7 Å². The molecule has 332 valence electrons. The normalized spacial score (nSPS) is 14.4. The molecule has 2 atom stereocenters. The molecule has 2 unspecified atom stereocenters. The molecule has 0 aromatic rings. The highest BCUT2D eigenvalue weighted by atomic mass is 31.2. The Morgan fingerprint density at radius 1 is 0.525 bits per heavy atom. The zero-order valence-corrected chi connectivity index (χ0v) is 37.3. The molecule has 9 nitrogen and oxygen atoms in total. The van der Waals surface area contributed by atoms with Gasteiger partial charge in [0.2, 0.25) is 0 Å². The number of phosphoric acid groups is 1. The molecule has 3 N–H and O–H groups in total. The van der Waals surface area contributed by atoms with Crippen molar-refractivity contribution in [2.75, 3.05) is 26.4 Å². The number of carbonyl (C=O) groups excluding carboxylic acids is 2. The second-order valence-electron chi connectivity index (χ2n) is 13.8. The summed E-state index contributed by atoms with van der Waals surface area (Å²) < 4.78 is 32.7. The first-order chi connectivity index (χ1) is 28.8. The lowest BCUT2D eigenvalue weighted by Crippen LogP contribution is -2.29. The lowest BCUT2D eigenvalue weighted by atomic mass is 10.1. The van der Waals surface area contributed by atoms with E-state index >= 15 is 0 Å². The number of hydrogen-bond acceptors (Lipinski definition) is 8. The van der Waals surface area contributed by atoms with Gasteiger partial charge in [-0.25, -0.2) is 4.57 Å². The highest BCUT2D eigenvalue weighted by molar-refractivity contribution is 7.47. The van der Waals surface area contributed by atoms with Crippen LogP contribution in [0.15, 0.2) is 122 Å². The molecular weight excluding hydrogens is 762 g/mol. The van der Waals surface area contributed by atoms with Crippen LogP contribution in [0.3, 0.4) is 0 Å². The molecule has 0 fully saturated rings. The second kappa shape index (κ2) is 44.0. The summed E-state index contributed by atoms with van der Waals surface area (Å²) in [6.07, 6.45) is 59.6. The summed E-state index contributed by atoms with van der Waals surface area (Å²) in [6.45, 7) is 3.43. The van der Waals surface area contributed by atoms with E-state index < -0.39 is 32.5 Å². The Bertz CT molecular complexity index is 1370. The van der Waals surface area contributed by atoms with E-state index in [1.54, 1.807) is 0 Å². The zero-order valence-electron chi connectivity index (χ0n) is 36.4. The van der Waals surface area contributed by atoms with Crippen molar-refractivity contribution in [2.24, 2.45) is 5.73 Å². The van der Waals surface area contributed by atoms with E-state index in [0.29, 0.717) is 12.8 Å². The van der Waals surface area contributed by atoms with Gasteiger partial charge in [0.1, 0.15) is 6.61 Å². The van der Waals surface area contributed by atoms with Crippen LogP contribution in [-0.4, -0.2) is 49.3 Å². The maximum atomic E-state index is 12.6. The Morgan fingerprint density at radius 2 is 0.966 bits per heavy atom. The number of nitrogens with two attached hydrogens (primary N) is 1. The topological polar surface area (TPSA) is 134 Å². The van der Waals surface area contributed by atoms with Crippen molar-refractivity contribution in [2.45, 2.75) is 148 Å². The third kappa shape index (κ3) is 43.8. The minimum Gasteiger partial charge on any atom is -0.462 e. The number of allylic oxidation sites excluding steroid dienone is 20. The van der Waals surface area contributed by atoms with Crippen molar-refractivity contribution in [1.29, 1.82) is 0 Å². The molecule has 0 radical (unpaired) electrons. The molecule has 0 bridgehead atoms. The number of hydrogen-bond donors (Lipinski definition) is 2. The van der Waals surface area contributed by atoms with Gasteiger partial charge in [0, 0.05) is 19.4 Å². The van der Waals surface area contributed by atoms with Crippen LogP contribution in [0.4, 0.5) is 0 Å². The standard InChI is InChI=1S/C49H78NO8P/c1-3-5-7-9-11-13-15-17-19-21-23-25-27-29-31-33-35-37-39-41-48(51)55-45-47(46-57-59(53,54)56-44-43-50)58-49(52)42-40-38-36-34-32-30-28-26-24-22-20-18-16-14-12-10-8-6-4-2/h5,7,11-14,17-20,23-26,29-32,35,37,47H,3-4,6,8-10,15-16,21-22,27-28,33-34,36,38-46,50H2,1-2H3,(H,53,54). The summed E-state index contributed by atoms with van der Waals surface area (Å²) in [5.74, 6) is -0.977. The van der Waals surface area contributed by atoms with Gasteiger partial charge in [-0.15, -0.1) is 0 Å². The Balaban J connectivity index is 4.37. The first-order valence-electron chi connectivity index (χ1n) is 22.0. The van der Waals surface area contributed by atoms with E-state index in [4.69, 9.17) is 24.3 Å². The monoisotopic (exact) mass is 840 g/mol. The lowest BCUT2D eigenvalue weighted by molar-refractivity contribution is -0.161. The van der Waals surface area contributed by atoms with Gasteiger partial charge in [-0.2, -0.15) is 0 Å². The van der Waals surface area contributed by atoms with Gasteiger partial charge in [-0.1, -0.05) is 155 Å². The number of esters is 2. The van der Waals surface area contributed by atoms with Crippen LogP contribution < -0.4 is 5.73 Å². The van der Waals surface area contributed by atoms with Crippen molar-refractivity contribution >= 4 is 19.8 Å². The third-order valence-corrected chi connectivity index (χ3v) is 9.33. The largest absolute Gasteiger partial charge is 0.472 e. The van der Waals surface area contributed by atoms with Crippen LogP contribution in [0.1, 0.15) is 142 Å². The molecule has 0 heterocycles. The summed E-state index contributed by atoms with van der Waals surface area (Å²) in [7, 11) is -4.41. The van der Waals surface area contributed by atoms with Gasteiger partial charge in [-0.05, 0) is 96.3 Å². The zero-order chi connectivity index (χ0) is 43.2. The van der Waals surface area contributed by atoms with Gasteiger partial charge >= 0.3 is 19.8 Å². The fourth-order valence-corrected chi connectivity index (χ4v) is 5.88. The van der Waals surface area contributed by atoms with Crippen LogP contribution in [0.5, 0.6) is 0 Å². The highest BCUT2D eigenvalue weighted by Crippen LogP contribution is 2.43. The molecule has 0 aliphatic heterocycles. The van der Waals surface area contributed by atoms with Gasteiger partial charge in [0.15, 0.2) is 6.10 Å². The lowest BCUT2D eigenvalue weighted by Gasteiger charge is -2.19. The molecule has 0 aliphatic rings. The minimum atomic E-state index is -4.41. The molecule has 0 saturated carbocycles. The van der Waals surface area contributed by atoms with Crippen molar-refractivity contribution < 1.29 is 37.6 Å². The summed E-state index contributed by atoms with van der Waals surface area (Å²) in [5.41, 5.74) is 5.34. The third-order valence-electron chi connectivity index (χ3n) is 8.35. The molecule has 0 aliphatic carbocycles. The number of carbonyl (C=O) groups is 2. The Hall–Kier alpha value is -3.59. The first kappa shape index (κ1) is 55.4. The maximum Gasteiger partial charge on any atom is 0.472 e. The maximum absolute atomic E-state index is 12.6. The number of rotatable bonds is 39. The minimum absolute atomic E-state index is 0.0309. The Kier molecular flexibility index (Phi) is 41.3. The highest BCUT2D eigenvalue weighted by Gasteiger charge is 2.25. The summed E-state index contributed by atoms with van der Waals surface area (Å²) in [6, 6.07) is 0. The van der Waals surface area contributed by atoms with Crippen molar-refractivity contribution in [3.8, 4) is 0 Å². The molecule has 59 heavy (non-hydrogen) atoms. The Morgan fingerprint density at radius 3 is 1.42 bits per heavy atom. The second-order valence-corrected chi connectivity index (χ2v) is 15.3. The van der Waals surface area contributed by atoms with Gasteiger partial charge in [0.25, 0.3) is 0 Å². The fraction of sp³-hybridized carbons (Fsp3) is 0.551. The van der Waals surface area contributed by atoms with Crippen molar-refractivity contribution in [1.82, 2.24) is 0 Å². The Labute approximate surface area is 358 Å². The SMILES string of the molecule is CCC=CCC=CCC=CCC=CCC=CCC=CCCC(=O)OCC(COP(=O)(O)OCCN)OC(=O)CCCCCC=CCC=CCC=CCC=CCCCCC. The average molecular weight is 840 g/mol. The van der Waals surface area contributed by atoms with E-state index in [0.717, 1.165) is 77.0 Å². The van der Waals surface area contributed by atoms with Gasteiger partial charge < -0.3 is 20.1 Å². The van der Waals surface area contributed by atoms with Crippen molar-refractivity contribution in [3.63, 3.8) is 0 Å². The van der Waals surface area contributed by atoms with Crippen LogP contribution in [0.25, 0.3) is 0 Å². The van der Waals surface area contributed by atoms with Gasteiger partial charge in [-0.3, -0.25) is 18.6 Å². The fourth-order valence-electron chi connectivity index (χ4n) is 5.11. The molecule has 10 heteroatoms.